The van der Waals surface area contributed by atoms with Gasteiger partial charge in [-0.15, -0.1) is 0 Å². The predicted molar refractivity (Wildman–Crippen MR) is 107 cm³/mol. The van der Waals surface area contributed by atoms with Crippen LogP contribution in [0.5, 0.6) is 0 Å². The molecule has 0 saturated carbocycles. The first-order valence-corrected chi connectivity index (χ1v) is 9.63. The van der Waals surface area contributed by atoms with Gasteiger partial charge in [-0.05, 0) is 51.2 Å². The Morgan fingerprint density at radius 2 is 1.63 bits per heavy atom. The molecule has 1 saturated heterocycles. The van der Waals surface area contributed by atoms with Gasteiger partial charge >= 0.3 is 6.09 Å². The summed E-state index contributed by atoms with van der Waals surface area (Å²) in [4.78, 5) is 12.3. The Bertz CT molecular complexity index is 724. The van der Waals surface area contributed by atoms with Crippen LogP contribution in [0.2, 0.25) is 0 Å². The van der Waals surface area contributed by atoms with E-state index in [1.807, 2.05) is 45.0 Å². The summed E-state index contributed by atoms with van der Waals surface area (Å²) in [5, 5.41) is 3.03. The monoisotopic (exact) mass is 367 g/mol. The van der Waals surface area contributed by atoms with E-state index in [1.165, 1.54) is 11.1 Å². The molecule has 0 unspecified atom stereocenters. The number of hydrogen-bond acceptors (Lipinski definition) is 3. The van der Waals surface area contributed by atoms with E-state index in [1.54, 1.807) is 0 Å². The molecule has 0 radical (unpaired) electrons. The minimum absolute atomic E-state index is 0.0291. The smallest absolute Gasteiger partial charge is 0.407 e. The van der Waals surface area contributed by atoms with Crippen molar-refractivity contribution in [3.8, 4) is 0 Å². The summed E-state index contributed by atoms with van der Waals surface area (Å²) in [6.07, 6.45) is 2.48. The van der Waals surface area contributed by atoms with Crippen molar-refractivity contribution in [1.82, 2.24) is 5.32 Å². The molecule has 3 atom stereocenters. The lowest BCUT2D eigenvalue weighted by Gasteiger charge is -2.23. The number of ether oxygens (including phenoxy) is 2. The summed E-state index contributed by atoms with van der Waals surface area (Å²) in [6.45, 7) is 5.61. The third-order valence-corrected chi connectivity index (χ3v) is 4.58. The van der Waals surface area contributed by atoms with Crippen molar-refractivity contribution in [1.29, 1.82) is 0 Å². The molecule has 1 amide bonds. The maximum absolute atomic E-state index is 12.3. The topological polar surface area (TPSA) is 50.9 Å². The number of rotatable bonds is 7. The molecule has 1 N–H and O–H groups in total. The molecule has 144 valence electrons. The number of hydrogen-bond donors (Lipinski definition) is 1. The minimum atomic E-state index is -0.515. The van der Waals surface area contributed by atoms with Crippen molar-refractivity contribution < 1.29 is 14.3 Å². The number of carbonyl (C=O) groups excluding carboxylic acids is 1. The average molecular weight is 367 g/mol. The Morgan fingerprint density at radius 3 is 2.22 bits per heavy atom. The van der Waals surface area contributed by atoms with Crippen molar-refractivity contribution in [2.75, 3.05) is 0 Å². The summed E-state index contributed by atoms with van der Waals surface area (Å²) in [5.41, 5.74) is 1.97. The van der Waals surface area contributed by atoms with Gasteiger partial charge in [0.2, 0.25) is 0 Å². The van der Waals surface area contributed by atoms with Gasteiger partial charge in [0.25, 0.3) is 0 Å². The van der Waals surface area contributed by atoms with Gasteiger partial charge < -0.3 is 14.8 Å². The van der Waals surface area contributed by atoms with E-state index < -0.39 is 5.60 Å². The van der Waals surface area contributed by atoms with Crippen molar-refractivity contribution >= 4 is 6.09 Å². The van der Waals surface area contributed by atoms with Gasteiger partial charge in [-0.2, -0.15) is 0 Å². The zero-order valence-corrected chi connectivity index (χ0v) is 16.4. The Kier molecular flexibility index (Phi) is 6.17. The number of carbonyl (C=O) groups is 1. The number of alkyl carbamates (subject to hydrolysis) is 1. The van der Waals surface area contributed by atoms with Crippen LogP contribution in [0, 0.1) is 0 Å². The third-order valence-electron chi connectivity index (χ3n) is 4.58. The zero-order chi connectivity index (χ0) is 19.3. The lowest BCUT2D eigenvalue weighted by Crippen LogP contribution is -2.43. The summed E-state index contributed by atoms with van der Waals surface area (Å²) < 4.78 is 11.4. The second-order valence-corrected chi connectivity index (χ2v) is 8.11. The molecule has 4 nitrogen and oxygen atoms in total. The van der Waals surface area contributed by atoms with Gasteiger partial charge in [0, 0.05) is 0 Å². The molecule has 1 aliphatic rings. The first-order chi connectivity index (χ1) is 12.9. The quantitative estimate of drug-likeness (QED) is 0.732. The van der Waals surface area contributed by atoms with Crippen LogP contribution in [-0.4, -0.2) is 29.9 Å². The van der Waals surface area contributed by atoms with E-state index >= 15 is 0 Å². The van der Waals surface area contributed by atoms with Crippen LogP contribution in [0.15, 0.2) is 60.7 Å². The van der Waals surface area contributed by atoms with Crippen LogP contribution < -0.4 is 5.32 Å². The minimum Gasteiger partial charge on any atom is -0.444 e. The fourth-order valence-corrected chi connectivity index (χ4v) is 3.27. The normalized spacial score (nSPS) is 20.0. The van der Waals surface area contributed by atoms with Crippen molar-refractivity contribution in [2.45, 2.75) is 63.9 Å². The average Bonchev–Trinajstić information content (AvgIpc) is 3.39. The van der Waals surface area contributed by atoms with E-state index in [9.17, 15) is 4.79 Å². The molecule has 1 heterocycles. The van der Waals surface area contributed by atoms with Gasteiger partial charge in [-0.3, -0.25) is 0 Å². The molecule has 0 bridgehead atoms. The Morgan fingerprint density at radius 1 is 1.04 bits per heavy atom. The van der Waals surface area contributed by atoms with E-state index in [4.69, 9.17) is 9.47 Å². The summed E-state index contributed by atoms with van der Waals surface area (Å²) >= 11 is 0. The molecular weight excluding hydrogens is 338 g/mol. The molecule has 27 heavy (non-hydrogen) atoms. The third kappa shape index (κ3) is 6.40. The van der Waals surface area contributed by atoms with Crippen LogP contribution in [0.4, 0.5) is 4.79 Å². The molecule has 3 rings (SSSR count). The van der Waals surface area contributed by atoms with E-state index in [2.05, 4.69) is 41.7 Å². The van der Waals surface area contributed by atoms with Crippen molar-refractivity contribution in [3.05, 3.63) is 71.8 Å². The van der Waals surface area contributed by atoms with Crippen molar-refractivity contribution in [3.63, 3.8) is 0 Å². The van der Waals surface area contributed by atoms with Crippen LogP contribution in [0.3, 0.4) is 0 Å². The van der Waals surface area contributed by atoms with E-state index in [0.717, 1.165) is 19.3 Å². The SMILES string of the molecule is CC(C)(C)OC(=O)N[C@@H](Cc1ccccc1)[C@H]1O[C@@H]1CCc1ccccc1. The fraction of sp³-hybridized carbons (Fsp3) is 0.435. The standard InChI is InChI=1S/C23H29NO3/c1-23(2,3)27-22(25)24-19(16-18-12-8-5-9-13-18)21-20(26-21)15-14-17-10-6-4-7-11-17/h4-13,19-21H,14-16H2,1-3H3,(H,24,25)/t19-,20+,21+/m0/s1. The highest BCUT2D eigenvalue weighted by atomic mass is 16.6. The molecule has 0 aliphatic carbocycles. The summed E-state index contributed by atoms with van der Waals surface area (Å²) in [7, 11) is 0. The largest absolute Gasteiger partial charge is 0.444 e. The number of amides is 1. The van der Waals surface area contributed by atoms with Gasteiger partial charge in [-0.25, -0.2) is 4.79 Å². The number of nitrogens with one attached hydrogen (secondary N) is 1. The molecule has 1 fully saturated rings. The first kappa shape index (κ1) is 19.4. The second-order valence-electron chi connectivity index (χ2n) is 8.11. The van der Waals surface area contributed by atoms with E-state index in [-0.39, 0.29) is 24.3 Å². The van der Waals surface area contributed by atoms with Gasteiger partial charge in [0.1, 0.15) is 11.7 Å². The molecule has 1 aliphatic heterocycles. The Hall–Kier alpha value is -2.33. The lowest BCUT2D eigenvalue weighted by atomic mass is 9.99. The number of benzene rings is 2. The highest BCUT2D eigenvalue weighted by molar-refractivity contribution is 5.68. The molecule has 2 aromatic rings. The number of aryl methyl sites for hydroxylation is 1. The molecule has 0 spiro atoms. The van der Waals surface area contributed by atoms with Gasteiger partial charge in [-0.1, -0.05) is 60.7 Å². The fourth-order valence-electron chi connectivity index (χ4n) is 3.27. The van der Waals surface area contributed by atoms with Gasteiger partial charge in [0.15, 0.2) is 0 Å². The highest BCUT2D eigenvalue weighted by Gasteiger charge is 2.45. The lowest BCUT2D eigenvalue weighted by molar-refractivity contribution is 0.0495. The maximum Gasteiger partial charge on any atom is 0.407 e. The van der Waals surface area contributed by atoms with Crippen LogP contribution in [0.25, 0.3) is 0 Å². The number of epoxide rings is 1. The van der Waals surface area contributed by atoms with E-state index in [0.29, 0.717) is 0 Å². The van der Waals surface area contributed by atoms with Crippen LogP contribution in [-0.2, 0) is 22.3 Å². The molecule has 0 aromatic heterocycles. The van der Waals surface area contributed by atoms with Crippen LogP contribution in [0.1, 0.15) is 38.3 Å². The molecule has 4 heteroatoms. The maximum atomic E-state index is 12.3. The zero-order valence-electron chi connectivity index (χ0n) is 16.4. The summed E-state index contributed by atoms with van der Waals surface area (Å²) in [5.74, 6) is 0. The Labute approximate surface area is 161 Å². The Balaban J connectivity index is 1.59. The predicted octanol–water partition coefficient (Wildman–Crippen LogP) is 4.52. The summed E-state index contributed by atoms with van der Waals surface area (Å²) in [6, 6.07) is 20.5. The van der Waals surface area contributed by atoms with Crippen molar-refractivity contribution in [2.24, 2.45) is 0 Å². The first-order valence-electron chi connectivity index (χ1n) is 9.63. The highest BCUT2D eigenvalue weighted by Crippen LogP contribution is 2.31. The molecule has 2 aromatic carbocycles. The second kappa shape index (κ2) is 8.57. The van der Waals surface area contributed by atoms with Crippen LogP contribution >= 0.6 is 0 Å². The van der Waals surface area contributed by atoms with Gasteiger partial charge in [0.05, 0.1) is 12.1 Å². The molecular formula is C23H29NO3.